The molecule has 4 heteroatoms. The number of ether oxygens (including phenoxy) is 1. The lowest BCUT2D eigenvalue weighted by atomic mass is 10.3. The molecule has 1 unspecified atom stereocenters. The van der Waals surface area contributed by atoms with E-state index in [1.165, 1.54) is 0 Å². The average Bonchev–Trinajstić information content (AvgIpc) is 2.11. The molecule has 0 heterocycles. The third-order valence-corrected chi connectivity index (χ3v) is 1.85. The van der Waals surface area contributed by atoms with Crippen molar-refractivity contribution in [2.24, 2.45) is 0 Å². The van der Waals surface area contributed by atoms with Crippen molar-refractivity contribution < 1.29 is 9.84 Å². The largest absolute Gasteiger partial charge is 0.487 e. The quantitative estimate of drug-likeness (QED) is 0.732. The van der Waals surface area contributed by atoms with Crippen LogP contribution in [-0.4, -0.2) is 17.8 Å². The lowest BCUT2D eigenvalue weighted by molar-refractivity contribution is 0.130. The summed E-state index contributed by atoms with van der Waals surface area (Å²) in [5.74, 6) is 0.503. The minimum absolute atomic E-state index is 0.0505. The van der Waals surface area contributed by atoms with Gasteiger partial charge in [-0.2, -0.15) is 0 Å². The lowest BCUT2D eigenvalue weighted by Gasteiger charge is -2.13. The molecule has 0 saturated heterocycles. The maximum Gasteiger partial charge on any atom is 0.140 e. The zero-order valence-corrected chi connectivity index (χ0v) is 8.08. The van der Waals surface area contributed by atoms with Crippen molar-refractivity contribution >= 4 is 17.3 Å². The normalized spacial score (nSPS) is 12.5. The van der Waals surface area contributed by atoms with Crippen molar-refractivity contribution in [3.8, 4) is 5.75 Å². The smallest absolute Gasteiger partial charge is 0.140 e. The third kappa shape index (κ3) is 2.79. The minimum atomic E-state index is -0.278. The maximum absolute atomic E-state index is 8.76. The highest BCUT2D eigenvalue weighted by molar-refractivity contribution is 6.32. The van der Waals surface area contributed by atoms with E-state index in [4.69, 9.17) is 27.2 Å². The van der Waals surface area contributed by atoms with Crippen molar-refractivity contribution in [1.29, 1.82) is 0 Å². The summed E-state index contributed by atoms with van der Waals surface area (Å²) < 4.78 is 5.31. The van der Waals surface area contributed by atoms with Gasteiger partial charge in [0.05, 0.1) is 11.6 Å². The fourth-order valence-electron chi connectivity index (χ4n) is 0.864. The van der Waals surface area contributed by atoms with Gasteiger partial charge in [-0.25, -0.2) is 0 Å². The van der Waals surface area contributed by atoms with Gasteiger partial charge in [-0.3, -0.25) is 0 Å². The first-order valence-electron chi connectivity index (χ1n) is 3.96. The number of aliphatic hydroxyl groups excluding tert-OH is 1. The van der Waals surface area contributed by atoms with Crippen LogP contribution in [0.2, 0.25) is 5.02 Å². The topological polar surface area (TPSA) is 55.5 Å². The van der Waals surface area contributed by atoms with Crippen LogP contribution in [-0.2, 0) is 0 Å². The first-order valence-corrected chi connectivity index (χ1v) is 4.34. The number of hydrogen-bond acceptors (Lipinski definition) is 3. The number of halogens is 1. The monoisotopic (exact) mass is 201 g/mol. The fraction of sp³-hybridized carbons (Fsp3) is 0.333. The molecule has 13 heavy (non-hydrogen) atoms. The Bertz CT molecular complexity index is 291. The van der Waals surface area contributed by atoms with Gasteiger partial charge >= 0.3 is 0 Å². The van der Waals surface area contributed by atoms with Crippen LogP contribution in [0.15, 0.2) is 18.2 Å². The summed E-state index contributed by atoms with van der Waals surface area (Å²) in [5.41, 5.74) is 6.13. The van der Waals surface area contributed by atoms with Crippen LogP contribution in [0, 0.1) is 0 Å². The zero-order valence-electron chi connectivity index (χ0n) is 7.33. The molecule has 0 aliphatic carbocycles. The summed E-state index contributed by atoms with van der Waals surface area (Å²) in [6.07, 6.45) is -0.278. The van der Waals surface area contributed by atoms with Crippen molar-refractivity contribution in [3.63, 3.8) is 0 Å². The van der Waals surface area contributed by atoms with Crippen LogP contribution in [0.5, 0.6) is 5.75 Å². The molecule has 0 bridgehead atoms. The number of nitrogen functional groups attached to an aromatic ring is 1. The highest BCUT2D eigenvalue weighted by atomic mass is 35.5. The summed E-state index contributed by atoms with van der Waals surface area (Å²) in [6.45, 7) is 1.70. The van der Waals surface area contributed by atoms with E-state index >= 15 is 0 Å². The molecule has 0 saturated carbocycles. The molecule has 72 valence electrons. The molecular weight excluding hydrogens is 190 g/mol. The molecule has 0 radical (unpaired) electrons. The van der Waals surface area contributed by atoms with Gasteiger partial charge in [-0.1, -0.05) is 11.6 Å². The van der Waals surface area contributed by atoms with Crippen molar-refractivity contribution in [1.82, 2.24) is 0 Å². The van der Waals surface area contributed by atoms with Gasteiger partial charge in [0.15, 0.2) is 0 Å². The maximum atomic E-state index is 8.76. The van der Waals surface area contributed by atoms with E-state index in [9.17, 15) is 0 Å². The summed E-state index contributed by atoms with van der Waals surface area (Å²) in [4.78, 5) is 0. The second kappa shape index (κ2) is 4.35. The molecule has 1 aromatic rings. The Labute approximate surface area is 82.1 Å². The molecule has 3 nitrogen and oxygen atoms in total. The van der Waals surface area contributed by atoms with Gasteiger partial charge in [0.25, 0.3) is 0 Å². The van der Waals surface area contributed by atoms with Gasteiger partial charge in [0, 0.05) is 11.8 Å². The number of benzene rings is 1. The van der Waals surface area contributed by atoms with E-state index in [0.29, 0.717) is 16.5 Å². The second-order valence-electron chi connectivity index (χ2n) is 2.80. The third-order valence-electron chi connectivity index (χ3n) is 1.54. The van der Waals surface area contributed by atoms with Crippen LogP contribution < -0.4 is 10.5 Å². The molecule has 1 rings (SSSR count). The molecule has 0 fully saturated rings. The van der Waals surface area contributed by atoms with E-state index in [1.807, 2.05) is 0 Å². The van der Waals surface area contributed by atoms with Gasteiger partial charge in [0.1, 0.15) is 11.9 Å². The Balaban J connectivity index is 2.81. The highest BCUT2D eigenvalue weighted by Crippen LogP contribution is 2.27. The average molecular weight is 202 g/mol. The summed E-state index contributed by atoms with van der Waals surface area (Å²) in [5, 5.41) is 9.25. The van der Waals surface area contributed by atoms with E-state index in [2.05, 4.69) is 0 Å². The van der Waals surface area contributed by atoms with Crippen LogP contribution in [0.3, 0.4) is 0 Å². The van der Waals surface area contributed by atoms with E-state index in [-0.39, 0.29) is 12.7 Å². The Morgan fingerprint density at radius 2 is 2.31 bits per heavy atom. The number of nitrogens with two attached hydrogens (primary N) is 1. The molecule has 0 aliphatic heterocycles. The Kier molecular flexibility index (Phi) is 3.39. The summed E-state index contributed by atoms with van der Waals surface area (Å²) in [7, 11) is 0. The fourth-order valence-corrected chi connectivity index (χ4v) is 1.03. The van der Waals surface area contributed by atoms with Crippen molar-refractivity contribution in [3.05, 3.63) is 23.2 Å². The molecule has 3 N–H and O–H groups in total. The van der Waals surface area contributed by atoms with Crippen molar-refractivity contribution in [2.45, 2.75) is 13.0 Å². The Morgan fingerprint density at radius 1 is 1.62 bits per heavy atom. The number of anilines is 1. The SMILES string of the molecule is CC(CO)Oc1cc(N)ccc1Cl. The first kappa shape index (κ1) is 10.2. The molecule has 0 amide bonds. The van der Waals surface area contributed by atoms with Crippen LogP contribution >= 0.6 is 11.6 Å². The predicted molar refractivity (Wildman–Crippen MR) is 53.0 cm³/mol. The lowest BCUT2D eigenvalue weighted by Crippen LogP contribution is -2.16. The molecule has 1 atom stereocenters. The van der Waals surface area contributed by atoms with Gasteiger partial charge in [-0.05, 0) is 19.1 Å². The van der Waals surface area contributed by atoms with Gasteiger partial charge in [-0.15, -0.1) is 0 Å². The van der Waals surface area contributed by atoms with Gasteiger partial charge < -0.3 is 15.6 Å². The summed E-state index contributed by atoms with van der Waals surface area (Å²) in [6, 6.07) is 4.99. The predicted octanol–water partition coefficient (Wildman–Crippen LogP) is 1.68. The van der Waals surface area contributed by atoms with Crippen LogP contribution in [0.4, 0.5) is 5.69 Å². The standard InChI is InChI=1S/C9H12ClNO2/c1-6(5-12)13-9-4-7(11)2-3-8(9)10/h2-4,6,12H,5,11H2,1H3. The number of aliphatic hydroxyl groups is 1. The summed E-state index contributed by atoms with van der Waals surface area (Å²) >= 11 is 5.84. The number of hydrogen-bond donors (Lipinski definition) is 2. The highest BCUT2D eigenvalue weighted by Gasteiger charge is 2.06. The van der Waals surface area contributed by atoms with Crippen LogP contribution in [0.1, 0.15) is 6.92 Å². The zero-order chi connectivity index (χ0) is 9.84. The number of rotatable bonds is 3. The van der Waals surface area contributed by atoms with Crippen molar-refractivity contribution in [2.75, 3.05) is 12.3 Å². The Morgan fingerprint density at radius 3 is 2.92 bits per heavy atom. The van der Waals surface area contributed by atoms with E-state index in [1.54, 1.807) is 25.1 Å². The molecule has 0 aromatic heterocycles. The molecule has 0 aliphatic rings. The second-order valence-corrected chi connectivity index (χ2v) is 3.21. The Hall–Kier alpha value is -0.930. The van der Waals surface area contributed by atoms with Crippen LogP contribution in [0.25, 0.3) is 0 Å². The van der Waals surface area contributed by atoms with E-state index < -0.39 is 0 Å². The molecule has 1 aromatic carbocycles. The first-order chi connectivity index (χ1) is 6.13. The molecular formula is C9H12ClNO2. The van der Waals surface area contributed by atoms with E-state index in [0.717, 1.165) is 0 Å². The minimum Gasteiger partial charge on any atom is -0.487 e. The van der Waals surface area contributed by atoms with Gasteiger partial charge in [0.2, 0.25) is 0 Å². The molecule has 0 spiro atoms.